The zero-order chi connectivity index (χ0) is 21.3. The highest BCUT2D eigenvalue weighted by Crippen LogP contribution is 2.35. The number of amides is 5. The molecular formula is C20H21N5O4S. The Hall–Kier alpha value is -3.06. The van der Waals surface area contributed by atoms with Gasteiger partial charge in [0.2, 0.25) is 11.8 Å². The number of benzene rings is 1. The van der Waals surface area contributed by atoms with E-state index in [2.05, 4.69) is 10.6 Å². The highest BCUT2D eigenvalue weighted by atomic mass is 32.2. The number of urea groups is 1. The Bertz CT molecular complexity index is 936. The first-order valence-corrected chi connectivity index (χ1v) is 10.9. The normalized spacial score (nSPS) is 22.3. The van der Waals surface area contributed by atoms with Crippen LogP contribution in [0, 0.1) is 11.3 Å². The van der Waals surface area contributed by atoms with E-state index in [0.717, 1.165) is 17.7 Å². The van der Waals surface area contributed by atoms with E-state index in [1.807, 2.05) is 6.07 Å². The summed E-state index contributed by atoms with van der Waals surface area (Å²) in [5.74, 6) is -0.373. The van der Waals surface area contributed by atoms with Gasteiger partial charge in [0, 0.05) is 11.4 Å². The van der Waals surface area contributed by atoms with Crippen LogP contribution in [-0.2, 0) is 14.4 Å². The van der Waals surface area contributed by atoms with Crippen molar-refractivity contribution in [1.29, 1.82) is 5.26 Å². The molecule has 0 aromatic heterocycles. The van der Waals surface area contributed by atoms with Crippen molar-refractivity contribution in [2.75, 3.05) is 23.5 Å². The van der Waals surface area contributed by atoms with Crippen LogP contribution < -0.4 is 10.6 Å². The van der Waals surface area contributed by atoms with Gasteiger partial charge in [0.25, 0.3) is 5.91 Å². The molecule has 1 spiro atoms. The summed E-state index contributed by atoms with van der Waals surface area (Å²) in [7, 11) is 0. The Kier molecular flexibility index (Phi) is 5.39. The van der Waals surface area contributed by atoms with Crippen LogP contribution in [0.3, 0.4) is 0 Å². The lowest BCUT2D eigenvalue weighted by Gasteiger charge is -2.25. The van der Waals surface area contributed by atoms with Gasteiger partial charge < -0.3 is 15.5 Å². The maximum Gasteiger partial charge on any atom is 0.325 e. The average Bonchev–Trinajstić information content (AvgIpc) is 3.46. The monoisotopic (exact) mass is 427 g/mol. The molecule has 3 fully saturated rings. The Labute approximate surface area is 177 Å². The van der Waals surface area contributed by atoms with Crippen molar-refractivity contribution >= 4 is 41.2 Å². The Balaban J connectivity index is 1.41. The zero-order valence-corrected chi connectivity index (χ0v) is 17.0. The van der Waals surface area contributed by atoms with E-state index in [1.54, 1.807) is 24.3 Å². The largest absolute Gasteiger partial charge is 0.325 e. The minimum absolute atomic E-state index is 0.319. The molecule has 1 saturated carbocycles. The van der Waals surface area contributed by atoms with Crippen LogP contribution in [0.4, 0.5) is 10.5 Å². The van der Waals surface area contributed by atoms with E-state index in [0.29, 0.717) is 35.7 Å². The smallest absolute Gasteiger partial charge is 0.324 e. The molecule has 1 atom stereocenters. The molecule has 1 aliphatic carbocycles. The van der Waals surface area contributed by atoms with Gasteiger partial charge in [-0.25, -0.2) is 4.79 Å². The maximum atomic E-state index is 12.9. The van der Waals surface area contributed by atoms with Gasteiger partial charge in [0.05, 0.1) is 17.5 Å². The predicted molar refractivity (Wildman–Crippen MR) is 109 cm³/mol. The summed E-state index contributed by atoms with van der Waals surface area (Å²) in [6.07, 6.45) is 2.93. The van der Waals surface area contributed by atoms with Gasteiger partial charge >= 0.3 is 6.03 Å². The maximum absolute atomic E-state index is 12.9. The van der Waals surface area contributed by atoms with Crippen molar-refractivity contribution in [3.05, 3.63) is 29.8 Å². The fourth-order valence-corrected chi connectivity index (χ4v) is 5.30. The van der Waals surface area contributed by atoms with Crippen molar-refractivity contribution in [3.8, 4) is 6.07 Å². The van der Waals surface area contributed by atoms with Crippen molar-refractivity contribution in [3.63, 3.8) is 0 Å². The fraction of sp³-hybridized carbons (Fsp3) is 0.450. The molecule has 30 heavy (non-hydrogen) atoms. The third kappa shape index (κ3) is 3.61. The lowest BCUT2D eigenvalue weighted by atomic mass is 9.98. The molecule has 1 unspecified atom stereocenters. The number of nitrogens with zero attached hydrogens (tertiary/aromatic N) is 3. The van der Waals surface area contributed by atoms with Crippen LogP contribution in [0.2, 0.25) is 0 Å². The quantitative estimate of drug-likeness (QED) is 0.698. The van der Waals surface area contributed by atoms with Gasteiger partial charge in [0.15, 0.2) is 0 Å². The van der Waals surface area contributed by atoms with Crippen molar-refractivity contribution < 1.29 is 19.2 Å². The minimum atomic E-state index is -0.858. The molecule has 2 N–H and O–H groups in total. The van der Waals surface area contributed by atoms with Crippen molar-refractivity contribution in [2.45, 2.75) is 37.3 Å². The van der Waals surface area contributed by atoms with Gasteiger partial charge in [-0.2, -0.15) is 5.26 Å². The summed E-state index contributed by atoms with van der Waals surface area (Å²) in [6.45, 7) is -0.367. The summed E-state index contributed by atoms with van der Waals surface area (Å²) in [5, 5.41) is 14.4. The molecule has 156 valence electrons. The van der Waals surface area contributed by atoms with E-state index in [1.165, 1.54) is 16.7 Å². The molecule has 4 rings (SSSR count). The third-order valence-corrected chi connectivity index (χ3v) is 6.80. The first kappa shape index (κ1) is 20.2. The Morgan fingerprint density at radius 2 is 1.93 bits per heavy atom. The molecule has 0 bridgehead atoms. The van der Waals surface area contributed by atoms with Crippen LogP contribution in [0.5, 0.6) is 0 Å². The Morgan fingerprint density at radius 3 is 2.60 bits per heavy atom. The highest BCUT2D eigenvalue weighted by molar-refractivity contribution is 7.99. The van der Waals surface area contributed by atoms with Gasteiger partial charge in [-0.15, -0.1) is 11.8 Å². The number of nitrogens with one attached hydrogen (secondary N) is 2. The molecule has 1 aromatic carbocycles. The molecule has 5 amide bonds. The standard InChI is InChI=1S/C20H21N5O4S/c21-9-13-3-5-14(6-4-13)22-17(27)15-11-30-12-25(15)16(26)10-24-18(28)20(23-19(24)29)7-1-2-8-20/h3-6,15H,1-2,7-8,10-12H2,(H,22,27)(H,23,29). The van der Waals surface area contributed by atoms with Gasteiger partial charge in [-0.3, -0.25) is 19.3 Å². The average molecular weight is 427 g/mol. The van der Waals surface area contributed by atoms with E-state index >= 15 is 0 Å². The van der Waals surface area contributed by atoms with Crippen molar-refractivity contribution in [2.24, 2.45) is 0 Å². The summed E-state index contributed by atoms with van der Waals surface area (Å²) < 4.78 is 0. The lowest BCUT2D eigenvalue weighted by Crippen LogP contribution is -2.50. The minimum Gasteiger partial charge on any atom is -0.324 e. The highest BCUT2D eigenvalue weighted by Gasteiger charge is 2.53. The number of hydrogen-bond acceptors (Lipinski definition) is 6. The van der Waals surface area contributed by atoms with Crippen LogP contribution in [-0.4, -0.2) is 63.3 Å². The number of nitriles is 1. The molecule has 3 aliphatic rings. The second-order valence-electron chi connectivity index (χ2n) is 7.67. The molecule has 0 radical (unpaired) electrons. The van der Waals surface area contributed by atoms with E-state index in [4.69, 9.17) is 5.26 Å². The Morgan fingerprint density at radius 1 is 1.23 bits per heavy atom. The van der Waals surface area contributed by atoms with E-state index in [9.17, 15) is 19.2 Å². The van der Waals surface area contributed by atoms with Crippen LogP contribution in [0.15, 0.2) is 24.3 Å². The first-order chi connectivity index (χ1) is 14.4. The number of thioether (sulfide) groups is 1. The SMILES string of the molecule is N#Cc1ccc(NC(=O)C2CSCN2C(=O)CN2C(=O)NC3(CCCC3)C2=O)cc1. The molecule has 2 heterocycles. The van der Waals surface area contributed by atoms with Gasteiger partial charge in [0.1, 0.15) is 18.1 Å². The third-order valence-electron chi connectivity index (χ3n) is 5.78. The fourth-order valence-electron chi connectivity index (χ4n) is 4.12. The second-order valence-corrected chi connectivity index (χ2v) is 8.67. The van der Waals surface area contributed by atoms with Crippen LogP contribution in [0.1, 0.15) is 31.2 Å². The molecule has 1 aromatic rings. The number of imide groups is 1. The number of hydrogen-bond donors (Lipinski definition) is 2. The number of carbonyl (C=O) groups is 4. The molecule has 2 saturated heterocycles. The second kappa shape index (κ2) is 7.99. The molecule has 10 heteroatoms. The number of rotatable bonds is 4. The number of carbonyl (C=O) groups excluding carboxylic acids is 4. The van der Waals surface area contributed by atoms with Crippen LogP contribution >= 0.6 is 11.8 Å². The lowest BCUT2D eigenvalue weighted by molar-refractivity contribution is -0.140. The molecule has 2 aliphatic heterocycles. The predicted octanol–water partition coefficient (Wildman–Crippen LogP) is 1.26. The topological polar surface area (TPSA) is 123 Å². The van der Waals surface area contributed by atoms with E-state index < -0.39 is 23.5 Å². The van der Waals surface area contributed by atoms with Gasteiger partial charge in [-0.05, 0) is 37.1 Å². The van der Waals surface area contributed by atoms with E-state index in [-0.39, 0.29) is 18.4 Å². The van der Waals surface area contributed by atoms with Crippen molar-refractivity contribution in [1.82, 2.24) is 15.1 Å². The van der Waals surface area contributed by atoms with Gasteiger partial charge in [-0.1, -0.05) is 12.8 Å². The summed E-state index contributed by atoms with van der Waals surface area (Å²) in [5.41, 5.74) is 0.152. The zero-order valence-electron chi connectivity index (χ0n) is 16.2. The summed E-state index contributed by atoms with van der Waals surface area (Å²) >= 11 is 1.44. The van der Waals surface area contributed by atoms with Crippen LogP contribution in [0.25, 0.3) is 0 Å². The molecule has 9 nitrogen and oxygen atoms in total. The summed E-state index contributed by atoms with van der Waals surface area (Å²) in [4.78, 5) is 53.0. The number of anilines is 1. The molecular weight excluding hydrogens is 406 g/mol. The summed E-state index contributed by atoms with van der Waals surface area (Å²) in [6, 6.07) is 7.21. The first-order valence-electron chi connectivity index (χ1n) is 9.76.